The summed E-state index contributed by atoms with van der Waals surface area (Å²) in [6.07, 6.45) is 0. The lowest BCUT2D eigenvalue weighted by molar-refractivity contribution is 0.217. The van der Waals surface area contributed by atoms with Crippen molar-refractivity contribution in [2.45, 2.75) is 0 Å². The number of hydrogen-bond acceptors (Lipinski definition) is 6. The van der Waals surface area contributed by atoms with Gasteiger partial charge in [-0.2, -0.15) is 10.2 Å². The van der Waals surface area contributed by atoms with E-state index in [1.807, 2.05) is 84.9 Å². The molecular formula is C26H22N2O4. The fourth-order valence-corrected chi connectivity index (χ4v) is 3.35. The zero-order valence-electron chi connectivity index (χ0n) is 17.4. The van der Waals surface area contributed by atoms with E-state index in [0.717, 1.165) is 45.1 Å². The van der Waals surface area contributed by atoms with Crippen LogP contribution in [0.3, 0.4) is 0 Å². The van der Waals surface area contributed by atoms with Crippen molar-refractivity contribution < 1.29 is 18.9 Å². The standard InChI is InChI=1S/C26H22N2O4/c1-7-25-18-20-2-8-26(17-19(1)20)32-16-14-30-24-11-5-22(6-12-24)28-27-21-3-9-23(10-4-21)29-13-15-31-25/h1-12,17-18H,13-16H2. The second kappa shape index (κ2) is 9.39. The predicted molar refractivity (Wildman–Crippen MR) is 123 cm³/mol. The van der Waals surface area contributed by atoms with E-state index in [-0.39, 0.29) is 0 Å². The first-order chi connectivity index (χ1) is 15.8. The van der Waals surface area contributed by atoms with E-state index in [9.17, 15) is 0 Å². The minimum atomic E-state index is 0.445. The van der Waals surface area contributed by atoms with Crippen LogP contribution in [0.1, 0.15) is 0 Å². The van der Waals surface area contributed by atoms with Gasteiger partial charge < -0.3 is 18.9 Å². The van der Waals surface area contributed by atoms with Crippen LogP contribution in [0.15, 0.2) is 95.2 Å². The van der Waals surface area contributed by atoms with Gasteiger partial charge >= 0.3 is 0 Å². The van der Waals surface area contributed by atoms with Gasteiger partial charge in [0.25, 0.3) is 0 Å². The Balaban J connectivity index is 1.36. The highest BCUT2D eigenvalue weighted by atomic mass is 16.5. The molecule has 6 heteroatoms. The monoisotopic (exact) mass is 426 g/mol. The molecular weight excluding hydrogens is 404 g/mol. The Labute approximate surface area is 186 Å². The average Bonchev–Trinajstić information content (AvgIpc) is 2.84. The van der Waals surface area contributed by atoms with Gasteiger partial charge in [0.2, 0.25) is 0 Å². The molecule has 8 bridgehead atoms. The summed E-state index contributed by atoms with van der Waals surface area (Å²) in [6.45, 7) is 1.79. The van der Waals surface area contributed by atoms with Crippen LogP contribution in [-0.2, 0) is 0 Å². The fourth-order valence-electron chi connectivity index (χ4n) is 3.35. The number of azo groups is 1. The van der Waals surface area contributed by atoms with Crippen LogP contribution in [0.2, 0.25) is 0 Å². The molecule has 6 nitrogen and oxygen atoms in total. The summed E-state index contributed by atoms with van der Waals surface area (Å²) in [7, 11) is 0. The Morgan fingerprint density at radius 1 is 0.406 bits per heavy atom. The Morgan fingerprint density at radius 2 is 0.750 bits per heavy atom. The van der Waals surface area contributed by atoms with Crippen LogP contribution in [-0.4, -0.2) is 26.4 Å². The molecule has 0 aromatic heterocycles. The van der Waals surface area contributed by atoms with Crippen LogP contribution < -0.4 is 18.9 Å². The van der Waals surface area contributed by atoms with Crippen molar-refractivity contribution in [1.82, 2.24) is 0 Å². The van der Waals surface area contributed by atoms with Crippen LogP contribution in [0, 0.1) is 0 Å². The third kappa shape index (κ3) is 4.98. The highest BCUT2D eigenvalue weighted by Gasteiger charge is 2.03. The lowest BCUT2D eigenvalue weighted by Gasteiger charge is -2.11. The predicted octanol–water partition coefficient (Wildman–Crippen LogP) is 6.48. The van der Waals surface area contributed by atoms with Gasteiger partial charge in [0, 0.05) is 0 Å². The number of rotatable bonds is 0. The molecule has 0 N–H and O–H groups in total. The van der Waals surface area contributed by atoms with Crippen molar-refractivity contribution in [3.63, 3.8) is 0 Å². The molecule has 0 spiro atoms. The number of nitrogens with zero attached hydrogens (tertiary/aromatic N) is 2. The normalized spacial score (nSPS) is 14.0. The summed E-state index contributed by atoms with van der Waals surface area (Å²) in [5.74, 6) is 3.13. The molecule has 0 unspecified atom stereocenters. The molecule has 0 amide bonds. The maximum Gasteiger partial charge on any atom is 0.122 e. The highest BCUT2D eigenvalue weighted by Crippen LogP contribution is 2.26. The molecule has 0 radical (unpaired) electrons. The summed E-state index contributed by atoms with van der Waals surface area (Å²) in [4.78, 5) is 0. The first-order valence-electron chi connectivity index (χ1n) is 10.5. The van der Waals surface area contributed by atoms with Crippen molar-refractivity contribution in [3.8, 4) is 23.0 Å². The molecule has 0 saturated carbocycles. The van der Waals surface area contributed by atoms with Crippen LogP contribution >= 0.6 is 0 Å². The van der Waals surface area contributed by atoms with E-state index in [4.69, 9.17) is 18.9 Å². The Morgan fingerprint density at radius 3 is 1.16 bits per heavy atom. The topological polar surface area (TPSA) is 61.6 Å². The first kappa shape index (κ1) is 19.9. The van der Waals surface area contributed by atoms with E-state index in [2.05, 4.69) is 10.2 Å². The third-order valence-corrected chi connectivity index (χ3v) is 4.98. The first-order valence-corrected chi connectivity index (χ1v) is 10.5. The summed E-state index contributed by atoms with van der Waals surface area (Å²) in [5.41, 5.74) is 1.50. The molecule has 0 atom stereocenters. The minimum absolute atomic E-state index is 0.445. The molecule has 0 fully saturated rings. The Bertz CT molecular complexity index is 1120. The number of ether oxygens (including phenoxy) is 4. The largest absolute Gasteiger partial charge is 0.490 e. The van der Waals surface area contributed by atoms with Crippen LogP contribution in [0.4, 0.5) is 11.4 Å². The number of hydrogen-bond donors (Lipinski definition) is 0. The Hall–Kier alpha value is -4.06. The molecule has 8 aliphatic heterocycles. The van der Waals surface area contributed by atoms with Gasteiger partial charge in [0.05, 0.1) is 11.4 Å². The molecule has 160 valence electrons. The lowest BCUT2D eigenvalue weighted by atomic mass is 10.1. The quantitative estimate of drug-likeness (QED) is 0.323. The summed E-state index contributed by atoms with van der Waals surface area (Å²) >= 11 is 0. The second-order valence-electron chi connectivity index (χ2n) is 7.25. The van der Waals surface area contributed by atoms with Crippen molar-refractivity contribution in [3.05, 3.63) is 84.9 Å². The highest BCUT2D eigenvalue weighted by molar-refractivity contribution is 5.85. The minimum Gasteiger partial charge on any atom is -0.490 e. The van der Waals surface area contributed by atoms with Gasteiger partial charge in [-0.15, -0.1) is 0 Å². The van der Waals surface area contributed by atoms with E-state index < -0.39 is 0 Å². The van der Waals surface area contributed by atoms with Crippen molar-refractivity contribution in [2.75, 3.05) is 26.4 Å². The Kier molecular flexibility index (Phi) is 5.83. The second-order valence-corrected chi connectivity index (χ2v) is 7.25. The molecule has 8 aliphatic rings. The third-order valence-electron chi connectivity index (χ3n) is 4.98. The molecule has 0 saturated heterocycles. The molecule has 8 heterocycles. The van der Waals surface area contributed by atoms with E-state index in [1.54, 1.807) is 0 Å². The van der Waals surface area contributed by atoms with Crippen molar-refractivity contribution in [1.29, 1.82) is 0 Å². The van der Waals surface area contributed by atoms with Gasteiger partial charge in [-0.25, -0.2) is 0 Å². The van der Waals surface area contributed by atoms with Crippen molar-refractivity contribution in [2.24, 2.45) is 10.2 Å². The van der Waals surface area contributed by atoms with Gasteiger partial charge in [-0.05, 0) is 83.6 Å². The lowest BCUT2D eigenvalue weighted by Crippen LogP contribution is -2.09. The van der Waals surface area contributed by atoms with Crippen LogP contribution in [0.5, 0.6) is 23.0 Å². The summed E-state index contributed by atoms with van der Waals surface area (Å²) in [6, 6.07) is 27.0. The van der Waals surface area contributed by atoms with E-state index >= 15 is 0 Å². The zero-order valence-corrected chi connectivity index (χ0v) is 17.4. The SMILES string of the molecule is c1cc2ccc1N=Nc1ccc(cc1)OCCOc1ccc3cc(ccc3c1)OCCO2. The van der Waals surface area contributed by atoms with Gasteiger partial charge in [0.1, 0.15) is 49.4 Å². The zero-order chi connectivity index (χ0) is 21.6. The fraction of sp³-hybridized carbons (Fsp3) is 0.154. The number of benzene rings is 4. The average molecular weight is 426 g/mol. The van der Waals surface area contributed by atoms with Gasteiger partial charge in [-0.3, -0.25) is 0 Å². The van der Waals surface area contributed by atoms with E-state index in [0.29, 0.717) is 26.4 Å². The molecule has 12 rings (SSSR count). The molecule has 4 aromatic rings. The van der Waals surface area contributed by atoms with Gasteiger partial charge in [-0.1, -0.05) is 12.1 Å². The molecule has 4 aromatic carbocycles. The smallest absolute Gasteiger partial charge is 0.122 e. The maximum absolute atomic E-state index is 5.85. The summed E-state index contributed by atoms with van der Waals surface area (Å²) < 4.78 is 23.2. The summed E-state index contributed by atoms with van der Waals surface area (Å²) in [5, 5.41) is 10.7. The van der Waals surface area contributed by atoms with Crippen molar-refractivity contribution >= 4 is 22.1 Å². The molecule has 0 aliphatic carbocycles. The van der Waals surface area contributed by atoms with E-state index in [1.165, 1.54) is 0 Å². The molecule has 32 heavy (non-hydrogen) atoms. The maximum atomic E-state index is 5.85. The van der Waals surface area contributed by atoms with Crippen LogP contribution in [0.25, 0.3) is 10.8 Å². The van der Waals surface area contributed by atoms with Gasteiger partial charge in [0.15, 0.2) is 0 Å².